The van der Waals surface area contributed by atoms with E-state index in [1.165, 1.54) is 23.5 Å². The van der Waals surface area contributed by atoms with Crippen molar-refractivity contribution in [3.63, 3.8) is 0 Å². The Kier molecular flexibility index (Phi) is 2.29. The first-order valence-electron chi connectivity index (χ1n) is 3.97. The van der Waals surface area contributed by atoms with Crippen molar-refractivity contribution in [2.24, 2.45) is 0 Å². The standard InChI is InChI=1S/C10H6ClFOS/c1-5-2-6(12)3-7-8(4-13)10(11)14-9(5)7/h2-4H,1H3. The monoisotopic (exact) mass is 228 g/mol. The number of aryl methyl sites for hydroxylation is 1. The summed E-state index contributed by atoms with van der Waals surface area (Å²) in [4.78, 5) is 10.7. The predicted octanol–water partition coefficient (Wildman–Crippen LogP) is 3.81. The van der Waals surface area contributed by atoms with Gasteiger partial charge in [-0.15, -0.1) is 11.3 Å². The molecule has 0 bridgehead atoms. The molecule has 0 fully saturated rings. The number of aldehydes is 1. The number of carbonyl (C=O) groups is 1. The SMILES string of the molecule is Cc1cc(F)cc2c(C=O)c(Cl)sc12. The van der Waals surface area contributed by atoms with Gasteiger partial charge >= 0.3 is 0 Å². The highest BCUT2D eigenvalue weighted by molar-refractivity contribution is 7.23. The van der Waals surface area contributed by atoms with E-state index in [0.29, 0.717) is 21.6 Å². The highest BCUT2D eigenvalue weighted by Crippen LogP contribution is 2.36. The number of fused-ring (bicyclic) bond motifs is 1. The molecule has 2 aromatic rings. The van der Waals surface area contributed by atoms with Crippen LogP contribution in [0.4, 0.5) is 4.39 Å². The van der Waals surface area contributed by atoms with Crippen LogP contribution in [0.3, 0.4) is 0 Å². The van der Waals surface area contributed by atoms with Gasteiger partial charge in [-0.2, -0.15) is 0 Å². The molecular weight excluding hydrogens is 223 g/mol. The van der Waals surface area contributed by atoms with Gasteiger partial charge in [0.1, 0.15) is 10.2 Å². The summed E-state index contributed by atoms with van der Waals surface area (Å²) in [5.41, 5.74) is 1.19. The third kappa shape index (κ3) is 1.33. The van der Waals surface area contributed by atoms with E-state index in [1.54, 1.807) is 6.92 Å². The quantitative estimate of drug-likeness (QED) is 0.679. The normalized spacial score (nSPS) is 10.8. The van der Waals surface area contributed by atoms with Crippen LogP contribution in [-0.4, -0.2) is 6.29 Å². The summed E-state index contributed by atoms with van der Waals surface area (Å²) in [7, 11) is 0. The van der Waals surface area contributed by atoms with Crippen LogP contribution in [0, 0.1) is 12.7 Å². The van der Waals surface area contributed by atoms with Gasteiger partial charge in [-0.3, -0.25) is 4.79 Å². The van der Waals surface area contributed by atoms with Crippen LogP contribution < -0.4 is 0 Å². The molecule has 0 aliphatic carbocycles. The van der Waals surface area contributed by atoms with Gasteiger partial charge in [-0.25, -0.2) is 4.39 Å². The van der Waals surface area contributed by atoms with Crippen LogP contribution in [0.1, 0.15) is 15.9 Å². The van der Waals surface area contributed by atoms with Crippen molar-refractivity contribution in [2.45, 2.75) is 6.92 Å². The zero-order valence-corrected chi connectivity index (χ0v) is 8.88. The molecule has 0 unspecified atom stereocenters. The molecule has 0 spiro atoms. The summed E-state index contributed by atoms with van der Waals surface area (Å²) in [5.74, 6) is -0.340. The molecule has 0 radical (unpaired) electrons. The fourth-order valence-corrected chi connectivity index (χ4v) is 2.75. The molecule has 1 heterocycles. The molecule has 4 heteroatoms. The number of benzene rings is 1. The fraction of sp³-hybridized carbons (Fsp3) is 0.100. The Hall–Kier alpha value is -0.930. The molecule has 72 valence electrons. The number of thiophene rings is 1. The highest BCUT2D eigenvalue weighted by atomic mass is 35.5. The van der Waals surface area contributed by atoms with Gasteiger partial charge in [0.2, 0.25) is 0 Å². The van der Waals surface area contributed by atoms with E-state index >= 15 is 0 Å². The minimum atomic E-state index is -0.340. The Bertz CT molecular complexity index is 518. The lowest BCUT2D eigenvalue weighted by molar-refractivity contribution is 0.112. The van der Waals surface area contributed by atoms with Crippen molar-refractivity contribution in [3.05, 3.63) is 33.4 Å². The number of rotatable bonds is 1. The van der Waals surface area contributed by atoms with E-state index in [2.05, 4.69) is 0 Å². The second-order valence-electron chi connectivity index (χ2n) is 3.01. The highest BCUT2D eigenvalue weighted by Gasteiger charge is 2.12. The molecule has 0 saturated heterocycles. The number of halogens is 2. The lowest BCUT2D eigenvalue weighted by Crippen LogP contribution is -1.81. The van der Waals surface area contributed by atoms with Gasteiger partial charge in [-0.05, 0) is 24.6 Å². The number of carbonyl (C=O) groups excluding carboxylic acids is 1. The minimum Gasteiger partial charge on any atom is -0.298 e. The van der Waals surface area contributed by atoms with Crippen LogP contribution in [0.15, 0.2) is 12.1 Å². The molecular formula is C10H6ClFOS. The van der Waals surface area contributed by atoms with E-state index in [4.69, 9.17) is 11.6 Å². The van der Waals surface area contributed by atoms with E-state index in [1.807, 2.05) is 0 Å². The van der Waals surface area contributed by atoms with Gasteiger partial charge in [0, 0.05) is 10.1 Å². The minimum absolute atomic E-state index is 0.340. The molecule has 0 atom stereocenters. The molecule has 1 nitrogen and oxygen atoms in total. The summed E-state index contributed by atoms with van der Waals surface area (Å²) in [6.07, 6.45) is 0.667. The Morgan fingerprint density at radius 2 is 2.21 bits per heavy atom. The average Bonchev–Trinajstić information content (AvgIpc) is 2.41. The maximum absolute atomic E-state index is 13.1. The molecule has 2 rings (SSSR count). The van der Waals surface area contributed by atoms with Crippen molar-refractivity contribution in [1.29, 1.82) is 0 Å². The average molecular weight is 229 g/mol. The Balaban J connectivity index is 2.94. The van der Waals surface area contributed by atoms with Crippen LogP contribution >= 0.6 is 22.9 Å². The van der Waals surface area contributed by atoms with E-state index in [-0.39, 0.29) is 5.82 Å². The molecule has 0 amide bonds. The van der Waals surface area contributed by atoms with Gasteiger partial charge in [-0.1, -0.05) is 11.6 Å². The summed E-state index contributed by atoms with van der Waals surface area (Å²) in [6.45, 7) is 1.80. The van der Waals surface area contributed by atoms with Crippen LogP contribution in [-0.2, 0) is 0 Å². The zero-order chi connectivity index (χ0) is 10.3. The largest absolute Gasteiger partial charge is 0.298 e. The number of hydrogen-bond acceptors (Lipinski definition) is 2. The third-order valence-corrected chi connectivity index (χ3v) is 3.63. The summed E-state index contributed by atoms with van der Waals surface area (Å²) < 4.78 is 14.4. The predicted molar refractivity (Wildman–Crippen MR) is 56.9 cm³/mol. The van der Waals surface area contributed by atoms with Crippen LogP contribution in [0.2, 0.25) is 4.34 Å². The lowest BCUT2D eigenvalue weighted by Gasteiger charge is -1.96. The van der Waals surface area contributed by atoms with E-state index in [0.717, 1.165) is 10.3 Å². The fourth-order valence-electron chi connectivity index (χ4n) is 1.43. The Labute approximate surface area is 89.1 Å². The lowest BCUT2D eigenvalue weighted by atomic mass is 10.1. The van der Waals surface area contributed by atoms with Crippen LogP contribution in [0.25, 0.3) is 10.1 Å². The summed E-state index contributed by atoms with van der Waals surface area (Å²) >= 11 is 7.16. The first-order valence-corrected chi connectivity index (χ1v) is 5.16. The van der Waals surface area contributed by atoms with Crippen molar-refractivity contribution in [3.8, 4) is 0 Å². The van der Waals surface area contributed by atoms with Gasteiger partial charge in [0.05, 0.1) is 5.56 Å². The van der Waals surface area contributed by atoms with Crippen molar-refractivity contribution >= 4 is 39.3 Å². The topological polar surface area (TPSA) is 17.1 Å². The van der Waals surface area contributed by atoms with Crippen LogP contribution in [0.5, 0.6) is 0 Å². The van der Waals surface area contributed by atoms with Gasteiger partial charge < -0.3 is 0 Å². The molecule has 0 aliphatic heterocycles. The smallest absolute Gasteiger partial charge is 0.153 e. The third-order valence-electron chi connectivity index (χ3n) is 2.05. The van der Waals surface area contributed by atoms with Crippen molar-refractivity contribution < 1.29 is 9.18 Å². The summed E-state index contributed by atoms with van der Waals surface area (Å²) in [5, 5.41) is 0.604. The first kappa shape index (κ1) is 9.62. The molecule has 14 heavy (non-hydrogen) atoms. The van der Waals surface area contributed by atoms with Crippen molar-refractivity contribution in [2.75, 3.05) is 0 Å². The molecule has 1 aromatic carbocycles. The maximum Gasteiger partial charge on any atom is 0.153 e. The molecule has 0 aliphatic rings. The molecule has 1 aromatic heterocycles. The Morgan fingerprint density at radius 1 is 1.50 bits per heavy atom. The second kappa shape index (κ2) is 3.33. The van der Waals surface area contributed by atoms with Gasteiger partial charge in [0.25, 0.3) is 0 Å². The number of hydrogen-bond donors (Lipinski definition) is 0. The van der Waals surface area contributed by atoms with Gasteiger partial charge in [0.15, 0.2) is 6.29 Å². The molecule has 0 N–H and O–H groups in total. The second-order valence-corrected chi connectivity index (χ2v) is 4.63. The molecule has 0 saturated carbocycles. The van der Waals surface area contributed by atoms with E-state index in [9.17, 15) is 9.18 Å². The van der Waals surface area contributed by atoms with Crippen molar-refractivity contribution in [1.82, 2.24) is 0 Å². The van der Waals surface area contributed by atoms with E-state index < -0.39 is 0 Å². The Morgan fingerprint density at radius 3 is 2.86 bits per heavy atom. The maximum atomic E-state index is 13.1. The summed E-state index contributed by atoms with van der Waals surface area (Å²) in [6, 6.07) is 2.78. The first-order chi connectivity index (χ1) is 6.63. The zero-order valence-electron chi connectivity index (χ0n) is 7.30.